The fourth-order valence-electron chi connectivity index (χ4n) is 5.59. The number of amides is 2. The third-order valence-electron chi connectivity index (χ3n) is 7.20. The number of Topliss-reactive ketones (excluding diaryl/α,β-unsaturated/α-hetero) is 2. The first kappa shape index (κ1) is 23.4. The minimum absolute atomic E-state index is 0.154. The lowest BCUT2D eigenvalue weighted by molar-refractivity contribution is -0.127. The molecule has 2 heterocycles. The molecule has 0 aromatic heterocycles. The van der Waals surface area contributed by atoms with Gasteiger partial charge in [-0.2, -0.15) is 0 Å². The normalized spacial score (nSPS) is 24.1. The van der Waals surface area contributed by atoms with Gasteiger partial charge in [-0.25, -0.2) is 4.90 Å². The number of imide groups is 1. The van der Waals surface area contributed by atoms with Crippen molar-refractivity contribution in [2.75, 3.05) is 4.90 Å². The summed E-state index contributed by atoms with van der Waals surface area (Å²) in [4.78, 5) is 56.6. The van der Waals surface area contributed by atoms with Gasteiger partial charge in [-0.1, -0.05) is 71.2 Å². The summed E-state index contributed by atoms with van der Waals surface area (Å²) < 4.78 is 6.25. The van der Waals surface area contributed by atoms with Crippen LogP contribution in [0.5, 0.6) is 0 Å². The first-order valence-electron chi connectivity index (χ1n) is 11.1. The van der Waals surface area contributed by atoms with Gasteiger partial charge in [0.25, 0.3) is 0 Å². The van der Waals surface area contributed by atoms with Crippen LogP contribution < -0.4 is 4.90 Å². The highest BCUT2D eigenvalue weighted by Crippen LogP contribution is 2.58. The topological polar surface area (TPSA) is 80.8 Å². The molecular weight excluding hydrogens is 525 g/mol. The quantitative estimate of drug-likeness (QED) is 0.310. The third-order valence-corrected chi connectivity index (χ3v) is 8.00. The maximum atomic E-state index is 14.0. The van der Waals surface area contributed by atoms with Crippen LogP contribution in [0.4, 0.5) is 5.69 Å². The van der Waals surface area contributed by atoms with E-state index in [2.05, 4.69) is 0 Å². The average Bonchev–Trinajstić information content (AvgIpc) is 3.41. The minimum atomic E-state index is -2.18. The molecule has 3 aliphatic rings. The number of aryl methyl sites for hydroxylation is 1. The molecule has 6 nitrogen and oxygen atoms in total. The Bertz CT molecular complexity index is 1500. The summed E-state index contributed by atoms with van der Waals surface area (Å²) in [5, 5.41) is 0.881. The smallest absolute Gasteiger partial charge is 0.241 e. The Morgan fingerprint density at radius 2 is 1.42 bits per heavy atom. The Morgan fingerprint density at radius 3 is 2.06 bits per heavy atom. The van der Waals surface area contributed by atoms with Gasteiger partial charge in [-0.3, -0.25) is 19.2 Å². The predicted octanol–water partition coefficient (Wildman–Crippen LogP) is 5.65. The van der Waals surface area contributed by atoms with Crippen molar-refractivity contribution in [3.05, 3.63) is 98.0 Å². The van der Waals surface area contributed by atoms with Crippen LogP contribution in [0.15, 0.2) is 60.7 Å². The third kappa shape index (κ3) is 2.96. The highest BCUT2D eigenvalue weighted by molar-refractivity contribution is 6.38. The molecule has 2 saturated heterocycles. The van der Waals surface area contributed by atoms with E-state index >= 15 is 0 Å². The van der Waals surface area contributed by atoms with Crippen LogP contribution in [0.1, 0.15) is 37.9 Å². The minimum Gasteiger partial charge on any atom is -0.349 e. The summed E-state index contributed by atoms with van der Waals surface area (Å²) in [6, 6.07) is 15.8. The first-order chi connectivity index (χ1) is 17.2. The van der Waals surface area contributed by atoms with Crippen molar-refractivity contribution in [3.8, 4) is 0 Å². The Balaban J connectivity index is 1.58. The van der Waals surface area contributed by atoms with Crippen LogP contribution in [0, 0.1) is 18.8 Å². The molecule has 0 radical (unpaired) electrons. The SMILES string of the molecule is Cc1ccc(Cl)cc1N1C(=O)[C@@H]2[C@@H](C1=O)C1(O[C@H]2c2ccc(Cl)cc2Cl)C(=O)c2ccccc2C1=O. The standard InChI is InChI=1S/C27H16Cl3NO5/c1-12-6-7-14(29)11-19(12)31-25(34)20-21(26(31)35)27(23(32)15-4-2-3-5-16(15)24(27)33)36-22(20)17-9-8-13(28)10-18(17)30/h2-11,20-22H,1H3/t20-,21+,22+/m1/s1. The van der Waals surface area contributed by atoms with E-state index in [1.165, 1.54) is 24.3 Å². The van der Waals surface area contributed by atoms with Crippen molar-refractivity contribution in [2.24, 2.45) is 11.8 Å². The van der Waals surface area contributed by atoms with Gasteiger partial charge >= 0.3 is 0 Å². The second kappa shape index (κ2) is 7.98. The molecule has 0 unspecified atom stereocenters. The number of nitrogens with zero attached hydrogens (tertiary/aromatic N) is 1. The number of benzene rings is 3. The molecule has 3 aromatic carbocycles. The molecule has 9 heteroatoms. The Labute approximate surface area is 220 Å². The Kier molecular flexibility index (Phi) is 5.18. The van der Waals surface area contributed by atoms with Crippen LogP contribution in [-0.4, -0.2) is 29.0 Å². The molecule has 2 fully saturated rings. The zero-order valence-corrected chi connectivity index (χ0v) is 20.9. The number of carbonyl (C=O) groups excluding carboxylic acids is 4. The molecule has 6 rings (SSSR count). The van der Waals surface area contributed by atoms with E-state index in [0.717, 1.165) is 4.90 Å². The second-order valence-electron chi connectivity index (χ2n) is 9.09. The molecule has 0 N–H and O–H groups in total. The van der Waals surface area contributed by atoms with Crippen molar-refractivity contribution >= 4 is 63.9 Å². The van der Waals surface area contributed by atoms with E-state index in [0.29, 0.717) is 26.9 Å². The van der Waals surface area contributed by atoms with Crippen molar-refractivity contribution in [1.29, 1.82) is 0 Å². The number of halogens is 3. The Hall–Kier alpha value is -3.03. The van der Waals surface area contributed by atoms with Gasteiger partial charge in [0.1, 0.15) is 0 Å². The van der Waals surface area contributed by atoms with Gasteiger partial charge in [-0.05, 0) is 36.8 Å². The van der Waals surface area contributed by atoms with E-state index in [1.807, 2.05) is 0 Å². The van der Waals surface area contributed by atoms with Crippen molar-refractivity contribution in [1.82, 2.24) is 0 Å². The fourth-order valence-corrected chi connectivity index (χ4v) is 6.28. The second-order valence-corrected chi connectivity index (χ2v) is 10.4. The number of rotatable bonds is 2. The fraction of sp³-hybridized carbons (Fsp3) is 0.185. The Morgan fingerprint density at radius 1 is 0.806 bits per heavy atom. The molecular formula is C27H16Cl3NO5. The average molecular weight is 541 g/mol. The van der Waals surface area contributed by atoms with E-state index in [-0.39, 0.29) is 16.1 Å². The maximum absolute atomic E-state index is 14.0. The molecule has 180 valence electrons. The number of hydrogen-bond acceptors (Lipinski definition) is 5. The summed E-state index contributed by atoms with van der Waals surface area (Å²) in [5.41, 5.74) is -0.600. The molecule has 1 aliphatic carbocycles. The summed E-state index contributed by atoms with van der Waals surface area (Å²) in [7, 11) is 0. The number of ketones is 2. The monoisotopic (exact) mass is 539 g/mol. The highest BCUT2D eigenvalue weighted by Gasteiger charge is 2.75. The van der Waals surface area contributed by atoms with E-state index < -0.39 is 46.9 Å². The number of ether oxygens (including phenoxy) is 1. The van der Waals surface area contributed by atoms with Crippen LogP contribution in [0.3, 0.4) is 0 Å². The van der Waals surface area contributed by atoms with Crippen molar-refractivity contribution in [3.63, 3.8) is 0 Å². The molecule has 36 heavy (non-hydrogen) atoms. The zero-order chi connectivity index (χ0) is 25.5. The molecule has 3 aromatic rings. The van der Waals surface area contributed by atoms with Gasteiger partial charge < -0.3 is 4.74 Å². The van der Waals surface area contributed by atoms with Crippen LogP contribution in [0.2, 0.25) is 15.1 Å². The summed E-state index contributed by atoms with van der Waals surface area (Å²) >= 11 is 18.7. The van der Waals surface area contributed by atoms with Crippen molar-refractivity contribution in [2.45, 2.75) is 18.6 Å². The van der Waals surface area contributed by atoms with Crippen LogP contribution in [-0.2, 0) is 14.3 Å². The summed E-state index contributed by atoms with van der Waals surface area (Å²) in [6.45, 7) is 1.74. The summed E-state index contributed by atoms with van der Waals surface area (Å²) in [5.74, 6) is -5.13. The van der Waals surface area contributed by atoms with Gasteiger partial charge in [0.2, 0.25) is 29.0 Å². The number of carbonyl (C=O) groups is 4. The number of anilines is 1. The molecule has 2 amide bonds. The zero-order valence-electron chi connectivity index (χ0n) is 18.6. The van der Waals surface area contributed by atoms with E-state index in [4.69, 9.17) is 39.5 Å². The van der Waals surface area contributed by atoms with E-state index in [1.54, 1.807) is 43.3 Å². The molecule has 0 saturated carbocycles. The van der Waals surface area contributed by atoms with Crippen LogP contribution >= 0.6 is 34.8 Å². The lowest BCUT2D eigenvalue weighted by Crippen LogP contribution is -2.51. The predicted molar refractivity (Wildman–Crippen MR) is 134 cm³/mol. The molecule has 1 spiro atoms. The first-order valence-corrected chi connectivity index (χ1v) is 12.3. The molecule has 2 aliphatic heterocycles. The largest absolute Gasteiger partial charge is 0.349 e. The number of fused-ring (bicyclic) bond motifs is 3. The van der Waals surface area contributed by atoms with Gasteiger partial charge in [-0.15, -0.1) is 0 Å². The lowest BCUT2D eigenvalue weighted by Gasteiger charge is -2.28. The van der Waals surface area contributed by atoms with Crippen molar-refractivity contribution < 1.29 is 23.9 Å². The highest BCUT2D eigenvalue weighted by atomic mass is 35.5. The molecule has 3 atom stereocenters. The number of hydrogen-bond donors (Lipinski definition) is 0. The van der Waals surface area contributed by atoms with Gasteiger partial charge in [0.05, 0.1) is 23.6 Å². The summed E-state index contributed by atoms with van der Waals surface area (Å²) in [6.07, 6.45) is -1.14. The lowest BCUT2D eigenvalue weighted by atomic mass is 9.77. The van der Waals surface area contributed by atoms with E-state index in [9.17, 15) is 19.2 Å². The maximum Gasteiger partial charge on any atom is 0.241 e. The van der Waals surface area contributed by atoms with Gasteiger partial charge in [0, 0.05) is 31.8 Å². The van der Waals surface area contributed by atoms with Gasteiger partial charge in [0.15, 0.2) is 0 Å². The molecule has 0 bridgehead atoms. The van der Waals surface area contributed by atoms with Crippen LogP contribution in [0.25, 0.3) is 0 Å².